The first-order valence-corrected chi connectivity index (χ1v) is 13.2. The van der Waals surface area contributed by atoms with Gasteiger partial charge in [-0.3, -0.25) is 0 Å². The largest absolute Gasteiger partial charge is 0.382 e. The van der Waals surface area contributed by atoms with Gasteiger partial charge in [0.05, 0.1) is 5.75 Å². The van der Waals surface area contributed by atoms with Crippen LogP contribution in [0.5, 0.6) is 5.75 Å². The molecule has 2 aromatic carbocycles. The summed E-state index contributed by atoms with van der Waals surface area (Å²) in [5.41, 5.74) is 4.04. The molecule has 0 unspecified atom stereocenters. The maximum atomic E-state index is 13.4. The number of carbonyl (C=O) groups excluding carboxylic acids is 1. The van der Waals surface area contributed by atoms with Gasteiger partial charge in [-0.2, -0.15) is 8.42 Å². The monoisotopic (exact) mass is 474 g/mol. The summed E-state index contributed by atoms with van der Waals surface area (Å²) in [5, 5.41) is 3.20. The number of urea groups is 1. The molecule has 0 heterocycles. The van der Waals surface area contributed by atoms with Crippen LogP contribution in [0.25, 0.3) is 0 Å². The lowest BCUT2D eigenvalue weighted by molar-refractivity contribution is 0.201. The van der Waals surface area contributed by atoms with Crippen molar-refractivity contribution in [2.45, 2.75) is 66.8 Å². The number of para-hydroxylation sites is 1. The second-order valence-corrected chi connectivity index (χ2v) is 11.3. The summed E-state index contributed by atoms with van der Waals surface area (Å²) in [5.74, 6) is 1.03. The minimum absolute atomic E-state index is 0.0900. The maximum Gasteiger partial charge on any atom is 0.322 e. The molecule has 0 aromatic heterocycles. The summed E-state index contributed by atoms with van der Waals surface area (Å²) in [6.45, 7) is 15.2. The summed E-state index contributed by atoms with van der Waals surface area (Å²) < 4.78 is 28.4. The summed E-state index contributed by atoms with van der Waals surface area (Å²) in [7, 11) is -3.57. The Kier molecular flexibility index (Phi) is 9.35. The van der Waals surface area contributed by atoms with E-state index in [0.29, 0.717) is 13.1 Å². The second-order valence-electron chi connectivity index (χ2n) is 9.40. The normalized spacial score (nSPS) is 11.8. The van der Waals surface area contributed by atoms with Gasteiger partial charge in [0.2, 0.25) is 0 Å². The van der Waals surface area contributed by atoms with Gasteiger partial charge in [0.25, 0.3) is 0 Å². The van der Waals surface area contributed by atoms with Gasteiger partial charge in [-0.15, -0.1) is 0 Å². The van der Waals surface area contributed by atoms with Crippen molar-refractivity contribution in [3.8, 4) is 5.75 Å². The number of nitrogens with one attached hydrogen (secondary N) is 1. The summed E-state index contributed by atoms with van der Waals surface area (Å²) in [4.78, 5) is 15.2. The molecule has 0 saturated heterocycles. The van der Waals surface area contributed by atoms with E-state index in [1.165, 1.54) is 6.92 Å². The molecule has 0 aliphatic heterocycles. The number of amides is 2. The minimum Gasteiger partial charge on any atom is -0.382 e. The average Bonchev–Trinajstić information content (AvgIpc) is 2.73. The van der Waals surface area contributed by atoms with Gasteiger partial charge < -0.3 is 14.4 Å². The molecule has 182 valence electrons. The zero-order valence-corrected chi connectivity index (χ0v) is 21.7. The Morgan fingerprint density at radius 2 is 1.48 bits per heavy atom. The molecule has 2 aromatic rings. The van der Waals surface area contributed by atoms with Crippen LogP contribution in [0.4, 0.5) is 10.5 Å². The molecule has 2 rings (SSSR count). The molecule has 0 aliphatic rings. The van der Waals surface area contributed by atoms with E-state index in [4.69, 9.17) is 4.18 Å². The lowest BCUT2D eigenvalue weighted by Gasteiger charge is -2.27. The zero-order valence-electron chi connectivity index (χ0n) is 20.9. The number of hydrogen-bond donors (Lipinski definition) is 1. The van der Waals surface area contributed by atoms with E-state index in [-0.39, 0.29) is 35.3 Å². The third kappa shape index (κ3) is 7.77. The van der Waals surface area contributed by atoms with E-state index in [2.05, 4.69) is 65.1 Å². The Morgan fingerprint density at radius 3 is 1.94 bits per heavy atom. The average molecular weight is 475 g/mol. The Hall–Kier alpha value is -2.54. The summed E-state index contributed by atoms with van der Waals surface area (Å²) in [6, 6.07) is 12.9. The highest BCUT2D eigenvalue weighted by molar-refractivity contribution is 7.87. The third-order valence-electron chi connectivity index (χ3n) is 5.35. The number of hydrogen-bond acceptors (Lipinski definition) is 4. The molecule has 2 amide bonds. The first kappa shape index (κ1) is 26.7. The van der Waals surface area contributed by atoms with Crippen molar-refractivity contribution in [3.05, 3.63) is 59.2 Å². The molecule has 0 aliphatic carbocycles. The molecular weight excluding hydrogens is 436 g/mol. The predicted molar refractivity (Wildman–Crippen MR) is 135 cm³/mol. The SMILES string of the molecule is CCS(=O)(=O)Oc1ccc(CN(CC(C)C)C(=O)Nc2c(C(C)C)cccc2C(C)C)cc1. The van der Waals surface area contributed by atoms with Crippen molar-refractivity contribution in [3.63, 3.8) is 0 Å². The predicted octanol–water partition coefficient (Wildman–Crippen LogP) is 6.35. The summed E-state index contributed by atoms with van der Waals surface area (Å²) in [6.07, 6.45) is 0. The number of rotatable bonds is 10. The Morgan fingerprint density at radius 1 is 0.939 bits per heavy atom. The van der Waals surface area contributed by atoms with Crippen molar-refractivity contribution < 1.29 is 17.4 Å². The maximum absolute atomic E-state index is 13.4. The number of anilines is 1. The van der Waals surface area contributed by atoms with E-state index in [1.807, 2.05) is 0 Å². The van der Waals surface area contributed by atoms with Crippen LogP contribution in [0.2, 0.25) is 0 Å². The molecule has 0 spiro atoms. The lowest BCUT2D eigenvalue weighted by Crippen LogP contribution is -2.37. The van der Waals surface area contributed by atoms with Crippen LogP contribution in [0.15, 0.2) is 42.5 Å². The van der Waals surface area contributed by atoms with Crippen molar-refractivity contribution in [1.29, 1.82) is 0 Å². The van der Waals surface area contributed by atoms with Crippen LogP contribution in [0, 0.1) is 5.92 Å². The van der Waals surface area contributed by atoms with Gasteiger partial charge >= 0.3 is 16.1 Å². The molecule has 33 heavy (non-hydrogen) atoms. The second kappa shape index (κ2) is 11.5. The summed E-state index contributed by atoms with van der Waals surface area (Å²) >= 11 is 0. The smallest absolute Gasteiger partial charge is 0.322 e. The number of nitrogens with zero attached hydrogens (tertiary/aromatic N) is 1. The molecule has 6 nitrogen and oxygen atoms in total. The highest BCUT2D eigenvalue weighted by Crippen LogP contribution is 2.32. The van der Waals surface area contributed by atoms with Gasteiger partial charge in [-0.1, -0.05) is 71.9 Å². The molecular formula is C26H38N2O4S. The van der Waals surface area contributed by atoms with Crippen molar-refractivity contribution in [2.24, 2.45) is 5.92 Å². The number of benzene rings is 2. The Labute approximate surface area is 199 Å². The van der Waals surface area contributed by atoms with E-state index in [0.717, 1.165) is 22.4 Å². The van der Waals surface area contributed by atoms with Gasteiger partial charge in [-0.05, 0) is 53.5 Å². The van der Waals surface area contributed by atoms with Crippen LogP contribution < -0.4 is 9.50 Å². The number of carbonyl (C=O) groups is 1. The highest BCUT2D eigenvalue weighted by atomic mass is 32.2. The van der Waals surface area contributed by atoms with Crippen LogP contribution in [0.1, 0.15) is 77.0 Å². The van der Waals surface area contributed by atoms with Crippen LogP contribution in [0.3, 0.4) is 0 Å². The van der Waals surface area contributed by atoms with Crippen molar-refractivity contribution in [1.82, 2.24) is 4.90 Å². The molecule has 1 N–H and O–H groups in total. The highest BCUT2D eigenvalue weighted by Gasteiger charge is 2.21. The fourth-order valence-electron chi connectivity index (χ4n) is 3.62. The zero-order chi connectivity index (χ0) is 24.8. The molecule has 0 radical (unpaired) electrons. The fraction of sp³-hybridized carbons (Fsp3) is 0.500. The minimum atomic E-state index is -3.57. The van der Waals surface area contributed by atoms with Gasteiger partial charge in [0, 0.05) is 18.8 Å². The topological polar surface area (TPSA) is 75.7 Å². The van der Waals surface area contributed by atoms with E-state index in [1.54, 1.807) is 29.2 Å². The molecule has 7 heteroatoms. The van der Waals surface area contributed by atoms with Crippen LogP contribution in [-0.4, -0.2) is 31.6 Å². The van der Waals surface area contributed by atoms with Crippen LogP contribution in [-0.2, 0) is 16.7 Å². The fourth-order valence-corrected chi connectivity index (χ4v) is 4.14. The van der Waals surface area contributed by atoms with Gasteiger partial charge in [-0.25, -0.2) is 4.79 Å². The molecule has 0 bridgehead atoms. The molecule has 0 atom stereocenters. The van der Waals surface area contributed by atoms with E-state index < -0.39 is 10.1 Å². The third-order valence-corrected chi connectivity index (χ3v) is 6.50. The quantitative estimate of drug-likeness (QED) is 0.407. The van der Waals surface area contributed by atoms with Crippen molar-refractivity contribution >= 4 is 21.8 Å². The van der Waals surface area contributed by atoms with E-state index >= 15 is 0 Å². The lowest BCUT2D eigenvalue weighted by atomic mass is 9.93. The first-order chi connectivity index (χ1) is 15.4. The molecule has 0 saturated carbocycles. The van der Waals surface area contributed by atoms with E-state index in [9.17, 15) is 13.2 Å². The Bertz CT molecular complexity index is 1000. The van der Waals surface area contributed by atoms with Gasteiger partial charge in [0.15, 0.2) is 0 Å². The standard InChI is InChI=1S/C26H38N2O4S/c1-8-33(30,31)32-22-14-12-21(13-15-22)17-28(16-18(2)3)26(29)27-25-23(19(4)5)10-9-11-24(25)20(6)7/h9-15,18-20H,8,16-17H2,1-7H3,(H,27,29). The first-order valence-electron chi connectivity index (χ1n) is 11.6. The van der Waals surface area contributed by atoms with Gasteiger partial charge in [0.1, 0.15) is 5.75 Å². The van der Waals surface area contributed by atoms with Crippen LogP contribution >= 0.6 is 0 Å². The van der Waals surface area contributed by atoms with Crippen molar-refractivity contribution in [2.75, 3.05) is 17.6 Å². The Balaban J connectivity index is 2.27. The molecule has 0 fully saturated rings.